The highest BCUT2D eigenvalue weighted by Crippen LogP contribution is 2.25. The summed E-state index contributed by atoms with van der Waals surface area (Å²) < 4.78 is 0.774. The van der Waals surface area contributed by atoms with E-state index in [-0.39, 0.29) is 11.9 Å². The van der Waals surface area contributed by atoms with Crippen molar-refractivity contribution in [1.82, 2.24) is 15.5 Å². The van der Waals surface area contributed by atoms with E-state index in [4.69, 9.17) is 0 Å². The number of hydrogen-bond acceptors (Lipinski definition) is 6. The summed E-state index contributed by atoms with van der Waals surface area (Å²) in [6.45, 7) is 10.4. The zero-order chi connectivity index (χ0) is 17.5. The minimum Gasteiger partial charge on any atom is -0.357 e. The number of thioether (sulfide) groups is 1. The number of nitrogens with one attached hydrogen (secondary N) is 2. The largest absolute Gasteiger partial charge is 0.357 e. The molecule has 0 fully saturated rings. The second-order valence-corrected chi connectivity index (χ2v) is 7.66. The molecule has 0 radical (unpaired) electrons. The molecular weight excluding hydrogens is 340 g/mol. The lowest BCUT2D eigenvalue weighted by molar-refractivity contribution is -0.119. The molecule has 128 valence electrons. The van der Waals surface area contributed by atoms with Crippen LogP contribution in [0.3, 0.4) is 0 Å². The van der Waals surface area contributed by atoms with Crippen LogP contribution in [-0.4, -0.2) is 28.4 Å². The quantitative estimate of drug-likeness (QED) is 0.553. The highest BCUT2D eigenvalue weighted by molar-refractivity contribution is 8.01. The first-order valence-electron chi connectivity index (χ1n) is 7.67. The van der Waals surface area contributed by atoms with Crippen molar-refractivity contribution in [3.05, 3.63) is 47.5 Å². The van der Waals surface area contributed by atoms with E-state index in [0.717, 1.165) is 15.0 Å². The maximum absolute atomic E-state index is 12.1. The van der Waals surface area contributed by atoms with Gasteiger partial charge < -0.3 is 10.6 Å². The molecular formula is C17H22N4OS2. The summed E-state index contributed by atoms with van der Waals surface area (Å²) in [5, 5.41) is 14.9. The summed E-state index contributed by atoms with van der Waals surface area (Å²) in [7, 11) is 0. The first-order valence-corrected chi connectivity index (χ1v) is 9.47. The standard InChI is InChI=1S/C17H22N4OS2/c1-5-8-18-16-20-21-17(24-16)23-10-15(22)19-13(4)14-7-6-11(2)12(3)9-14/h5-7,9,13H,1,8,10H2,2-4H3,(H,18,20)(H,19,22)/t13-/m1/s1. The van der Waals surface area contributed by atoms with E-state index in [1.165, 1.54) is 34.2 Å². The first-order chi connectivity index (χ1) is 11.5. The molecule has 5 nitrogen and oxygen atoms in total. The molecule has 1 amide bonds. The Kier molecular flexibility index (Phi) is 6.81. The van der Waals surface area contributed by atoms with Gasteiger partial charge in [-0.05, 0) is 37.5 Å². The van der Waals surface area contributed by atoms with Crippen LogP contribution in [0.1, 0.15) is 29.7 Å². The van der Waals surface area contributed by atoms with E-state index in [2.05, 4.69) is 59.5 Å². The summed E-state index contributed by atoms with van der Waals surface area (Å²) in [5.74, 6) is 0.312. The molecule has 0 bridgehead atoms. The Hall–Kier alpha value is -1.86. The average molecular weight is 363 g/mol. The minimum absolute atomic E-state index is 0.0125. The molecule has 1 aromatic carbocycles. The lowest BCUT2D eigenvalue weighted by Crippen LogP contribution is -2.28. The molecule has 2 rings (SSSR count). The Labute approximate surface area is 151 Å². The van der Waals surface area contributed by atoms with E-state index in [1.807, 2.05) is 6.92 Å². The van der Waals surface area contributed by atoms with Crippen LogP contribution in [0.15, 0.2) is 35.2 Å². The van der Waals surface area contributed by atoms with Crippen molar-refractivity contribution < 1.29 is 4.79 Å². The van der Waals surface area contributed by atoms with Crippen LogP contribution in [0.5, 0.6) is 0 Å². The molecule has 2 aromatic rings. The van der Waals surface area contributed by atoms with Crippen molar-refractivity contribution >= 4 is 34.1 Å². The van der Waals surface area contributed by atoms with Gasteiger partial charge in [-0.1, -0.05) is 47.4 Å². The van der Waals surface area contributed by atoms with E-state index in [9.17, 15) is 4.79 Å². The van der Waals surface area contributed by atoms with Crippen molar-refractivity contribution in [2.75, 3.05) is 17.6 Å². The molecule has 1 atom stereocenters. The van der Waals surface area contributed by atoms with Crippen LogP contribution >= 0.6 is 23.1 Å². The Morgan fingerprint density at radius 2 is 2.17 bits per heavy atom. The third-order valence-corrected chi connectivity index (χ3v) is 5.55. The lowest BCUT2D eigenvalue weighted by Gasteiger charge is -2.15. The topological polar surface area (TPSA) is 66.9 Å². The number of aromatic nitrogens is 2. The summed E-state index contributed by atoms with van der Waals surface area (Å²) in [6, 6.07) is 6.25. The predicted octanol–water partition coefficient (Wildman–Crippen LogP) is 3.72. The molecule has 2 N–H and O–H groups in total. The van der Waals surface area contributed by atoms with Crippen LogP contribution in [0.2, 0.25) is 0 Å². The summed E-state index contributed by atoms with van der Waals surface area (Å²) in [5.41, 5.74) is 3.60. The lowest BCUT2D eigenvalue weighted by atomic mass is 10.0. The zero-order valence-electron chi connectivity index (χ0n) is 14.1. The van der Waals surface area contributed by atoms with Gasteiger partial charge in [-0.15, -0.1) is 16.8 Å². The molecule has 0 spiro atoms. The number of carbonyl (C=O) groups excluding carboxylic acids is 1. The number of aryl methyl sites for hydroxylation is 2. The fourth-order valence-corrected chi connectivity index (χ4v) is 3.60. The van der Waals surface area contributed by atoms with Gasteiger partial charge in [0.1, 0.15) is 0 Å². The van der Waals surface area contributed by atoms with Crippen molar-refractivity contribution in [2.24, 2.45) is 0 Å². The molecule has 0 aliphatic heterocycles. The van der Waals surface area contributed by atoms with Gasteiger partial charge >= 0.3 is 0 Å². The molecule has 0 saturated carbocycles. The Morgan fingerprint density at radius 3 is 2.88 bits per heavy atom. The third-order valence-electron chi connectivity index (χ3n) is 3.54. The number of carbonyl (C=O) groups is 1. The molecule has 0 unspecified atom stereocenters. The maximum atomic E-state index is 12.1. The number of rotatable bonds is 8. The van der Waals surface area contributed by atoms with Crippen molar-refractivity contribution in [1.29, 1.82) is 0 Å². The number of amides is 1. The fraction of sp³-hybridized carbons (Fsp3) is 0.353. The van der Waals surface area contributed by atoms with Gasteiger partial charge in [-0.2, -0.15) is 0 Å². The smallest absolute Gasteiger partial charge is 0.230 e. The van der Waals surface area contributed by atoms with Crippen LogP contribution < -0.4 is 10.6 Å². The van der Waals surface area contributed by atoms with Crippen molar-refractivity contribution in [2.45, 2.75) is 31.2 Å². The Morgan fingerprint density at radius 1 is 1.38 bits per heavy atom. The molecule has 0 aliphatic carbocycles. The van der Waals surface area contributed by atoms with Gasteiger partial charge in [-0.25, -0.2) is 0 Å². The monoisotopic (exact) mass is 362 g/mol. The summed E-state index contributed by atoms with van der Waals surface area (Å²) in [6.07, 6.45) is 1.76. The van der Waals surface area contributed by atoms with Crippen molar-refractivity contribution in [3.8, 4) is 0 Å². The summed E-state index contributed by atoms with van der Waals surface area (Å²) in [4.78, 5) is 12.1. The highest BCUT2D eigenvalue weighted by Gasteiger charge is 2.12. The number of anilines is 1. The molecule has 1 heterocycles. The number of hydrogen-bond donors (Lipinski definition) is 2. The second-order valence-electron chi connectivity index (χ2n) is 5.46. The van der Waals surface area contributed by atoms with Gasteiger partial charge in [0, 0.05) is 6.54 Å². The normalized spacial score (nSPS) is 11.8. The Balaban J connectivity index is 1.83. The molecule has 24 heavy (non-hydrogen) atoms. The summed E-state index contributed by atoms with van der Waals surface area (Å²) >= 11 is 2.83. The van der Waals surface area contributed by atoms with E-state index in [0.29, 0.717) is 12.3 Å². The van der Waals surface area contributed by atoms with E-state index in [1.54, 1.807) is 6.08 Å². The van der Waals surface area contributed by atoms with Gasteiger partial charge in [-0.3, -0.25) is 4.79 Å². The van der Waals surface area contributed by atoms with E-state index >= 15 is 0 Å². The van der Waals surface area contributed by atoms with Crippen LogP contribution in [0.4, 0.5) is 5.13 Å². The van der Waals surface area contributed by atoms with Gasteiger partial charge in [0.25, 0.3) is 0 Å². The number of nitrogens with zero attached hydrogens (tertiary/aromatic N) is 2. The first kappa shape index (κ1) is 18.5. The fourth-order valence-electron chi connectivity index (χ4n) is 2.03. The Bertz CT molecular complexity index is 714. The van der Waals surface area contributed by atoms with Crippen LogP contribution in [0, 0.1) is 13.8 Å². The molecule has 7 heteroatoms. The SMILES string of the molecule is C=CCNc1nnc(SCC(=O)N[C@H](C)c2ccc(C)c(C)c2)s1. The van der Waals surface area contributed by atoms with E-state index < -0.39 is 0 Å². The van der Waals surface area contributed by atoms with Crippen LogP contribution in [0.25, 0.3) is 0 Å². The maximum Gasteiger partial charge on any atom is 0.230 e. The van der Waals surface area contributed by atoms with Crippen LogP contribution in [-0.2, 0) is 4.79 Å². The van der Waals surface area contributed by atoms with Gasteiger partial charge in [0.2, 0.25) is 11.0 Å². The van der Waals surface area contributed by atoms with Gasteiger partial charge in [0.15, 0.2) is 4.34 Å². The minimum atomic E-state index is -0.0170. The zero-order valence-corrected chi connectivity index (χ0v) is 15.8. The highest BCUT2D eigenvalue weighted by atomic mass is 32.2. The molecule has 0 aliphatic rings. The number of benzene rings is 1. The predicted molar refractivity (Wildman–Crippen MR) is 102 cm³/mol. The third kappa shape index (κ3) is 5.35. The second kappa shape index (κ2) is 8.84. The van der Waals surface area contributed by atoms with Gasteiger partial charge in [0.05, 0.1) is 11.8 Å². The molecule has 1 aromatic heterocycles. The van der Waals surface area contributed by atoms with Crippen molar-refractivity contribution in [3.63, 3.8) is 0 Å². The molecule has 0 saturated heterocycles. The average Bonchev–Trinajstić information content (AvgIpc) is 3.01.